The van der Waals surface area contributed by atoms with Gasteiger partial charge in [0, 0.05) is 11.6 Å². The number of hydrogen-bond donors (Lipinski definition) is 1. The summed E-state index contributed by atoms with van der Waals surface area (Å²) in [4.78, 5) is 10.3. The van der Waals surface area contributed by atoms with Crippen LogP contribution in [0.5, 0.6) is 0 Å². The largest absolute Gasteiger partial charge is 0.330 e. The molecule has 0 saturated heterocycles. The zero-order valence-corrected chi connectivity index (χ0v) is 10.7. The molecule has 0 radical (unpaired) electrons. The van der Waals surface area contributed by atoms with Crippen molar-refractivity contribution in [1.29, 1.82) is 0 Å². The minimum atomic E-state index is -3.19. The maximum absolute atomic E-state index is 11.6. The number of nitro groups is 1. The smallest absolute Gasteiger partial charge is 0.272 e. The predicted molar refractivity (Wildman–Crippen MR) is 69.1 cm³/mol. The Bertz CT molecular complexity index is 514. The normalized spacial score (nSPS) is 11.4. The average molecular weight is 272 g/mol. The first-order chi connectivity index (χ1) is 8.46. The van der Waals surface area contributed by atoms with Crippen LogP contribution in [0.3, 0.4) is 0 Å². The second-order valence-electron chi connectivity index (χ2n) is 3.93. The monoisotopic (exact) mass is 272 g/mol. The molecular formula is C11H16N2O4S. The first-order valence-corrected chi connectivity index (χ1v) is 7.41. The van der Waals surface area contributed by atoms with Crippen LogP contribution in [-0.2, 0) is 16.3 Å². The van der Waals surface area contributed by atoms with Gasteiger partial charge in [-0.25, -0.2) is 8.42 Å². The van der Waals surface area contributed by atoms with Crippen molar-refractivity contribution in [1.82, 2.24) is 0 Å². The van der Waals surface area contributed by atoms with E-state index >= 15 is 0 Å². The summed E-state index contributed by atoms with van der Waals surface area (Å²) in [6.45, 7) is 0.324. The number of sulfone groups is 1. The summed E-state index contributed by atoms with van der Waals surface area (Å²) >= 11 is 0. The van der Waals surface area contributed by atoms with Gasteiger partial charge in [0.1, 0.15) is 0 Å². The standard InChI is InChI=1S/C11H16N2O4S/c12-7-3-8-18(16,17)9-6-10-4-1-2-5-11(10)13(14)15/h1-2,4-5H,3,6-9,12H2. The molecule has 6 nitrogen and oxygen atoms in total. The van der Waals surface area contributed by atoms with Gasteiger partial charge in [-0.2, -0.15) is 0 Å². The van der Waals surface area contributed by atoms with Crippen LogP contribution in [0.15, 0.2) is 24.3 Å². The Balaban J connectivity index is 2.72. The topological polar surface area (TPSA) is 103 Å². The summed E-state index contributed by atoms with van der Waals surface area (Å²) in [7, 11) is -3.19. The zero-order valence-electron chi connectivity index (χ0n) is 9.91. The molecule has 0 spiro atoms. The van der Waals surface area contributed by atoms with Gasteiger partial charge in [0.05, 0.1) is 16.4 Å². The fourth-order valence-electron chi connectivity index (χ4n) is 1.57. The molecule has 0 heterocycles. The van der Waals surface area contributed by atoms with Gasteiger partial charge in [0.2, 0.25) is 0 Å². The van der Waals surface area contributed by atoms with E-state index in [0.29, 0.717) is 18.5 Å². The molecular weight excluding hydrogens is 256 g/mol. The van der Waals surface area contributed by atoms with Gasteiger partial charge in [-0.15, -0.1) is 0 Å². The first kappa shape index (κ1) is 14.6. The summed E-state index contributed by atoms with van der Waals surface area (Å²) in [6.07, 6.45) is 0.573. The van der Waals surface area contributed by atoms with Crippen molar-refractivity contribution in [2.75, 3.05) is 18.1 Å². The van der Waals surface area contributed by atoms with Crippen molar-refractivity contribution >= 4 is 15.5 Å². The third-order valence-electron chi connectivity index (χ3n) is 2.53. The van der Waals surface area contributed by atoms with E-state index in [4.69, 9.17) is 5.73 Å². The molecule has 1 aromatic carbocycles. The lowest BCUT2D eigenvalue weighted by atomic mass is 10.1. The van der Waals surface area contributed by atoms with Crippen molar-refractivity contribution in [3.8, 4) is 0 Å². The van der Waals surface area contributed by atoms with Crippen molar-refractivity contribution in [2.45, 2.75) is 12.8 Å². The molecule has 0 aliphatic rings. The van der Waals surface area contributed by atoms with Crippen molar-refractivity contribution in [3.63, 3.8) is 0 Å². The van der Waals surface area contributed by atoms with E-state index in [9.17, 15) is 18.5 Å². The summed E-state index contributed by atoms with van der Waals surface area (Å²) in [5, 5.41) is 10.8. The molecule has 0 bridgehead atoms. The van der Waals surface area contributed by atoms with Crippen molar-refractivity contribution < 1.29 is 13.3 Å². The highest BCUT2D eigenvalue weighted by Gasteiger charge is 2.16. The quantitative estimate of drug-likeness (QED) is 0.586. The van der Waals surface area contributed by atoms with Crippen LogP contribution >= 0.6 is 0 Å². The number of para-hydroxylation sites is 1. The number of hydrogen-bond acceptors (Lipinski definition) is 5. The Morgan fingerprint density at radius 1 is 1.22 bits per heavy atom. The second-order valence-corrected chi connectivity index (χ2v) is 6.23. The van der Waals surface area contributed by atoms with Gasteiger partial charge in [-0.1, -0.05) is 18.2 Å². The zero-order chi connectivity index (χ0) is 13.6. The Labute approximate surface area is 106 Å². The molecule has 0 unspecified atom stereocenters. The number of aryl methyl sites for hydroxylation is 1. The predicted octanol–water partition coefficient (Wildman–Crippen LogP) is 0.901. The Kier molecular flexibility index (Phi) is 5.24. The van der Waals surface area contributed by atoms with Gasteiger partial charge in [-0.3, -0.25) is 10.1 Å². The van der Waals surface area contributed by atoms with Gasteiger partial charge in [0.25, 0.3) is 5.69 Å². The van der Waals surface area contributed by atoms with E-state index in [-0.39, 0.29) is 23.6 Å². The molecule has 0 atom stereocenters. The molecule has 0 saturated carbocycles. The Hall–Kier alpha value is -1.47. The van der Waals surface area contributed by atoms with Crippen LogP contribution in [-0.4, -0.2) is 31.4 Å². The average Bonchev–Trinajstić information content (AvgIpc) is 2.34. The summed E-state index contributed by atoms with van der Waals surface area (Å²) < 4.78 is 23.2. The van der Waals surface area contributed by atoms with Crippen LogP contribution < -0.4 is 5.73 Å². The van der Waals surface area contributed by atoms with Crippen LogP contribution in [0, 0.1) is 10.1 Å². The molecule has 0 fully saturated rings. The summed E-state index contributed by atoms with van der Waals surface area (Å²) in [6, 6.07) is 6.18. The Morgan fingerprint density at radius 2 is 1.89 bits per heavy atom. The summed E-state index contributed by atoms with van der Waals surface area (Å²) in [5.41, 5.74) is 5.66. The third kappa shape index (κ3) is 4.42. The molecule has 7 heteroatoms. The lowest BCUT2D eigenvalue weighted by molar-refractivity contribution is -0.385. The van der Waals surface area contributed by atoms with Crippen LogP contribution in [0.4, 0.5) is 5.69 Å². The van der Waals surface area contributed by atoms with E-state index in [2.05, 4.69) is 0 Å². The fraction of sp³-hybridized carbons (Fsp3) is 0.455. The van der Waals surface area contributed by atoms with Gasteiger partial charge in [-0.05, 0) is 19.4 Å². The van der Waals surface area contributed by atoms with Crippen LogP contribution in [0.2, 0.25) is 0 Å². The Morgan fingerprint density at radius 3 is 2.50 bits per heavy atom. The highest BCUT2D eigenvalue weighted by atomic mass is 32.2. The molecule has 0 aliphatic carbocycles. The molecule has 0 aliphatic heterocycles. The molecule has 1 aromatic rings. The first-order valence-electron chi connectivity index (χ1n) is 5.59. The van der Waals surface area contributed by atoms with E-state index in [1.54, 1.807) is 18.2 Å². The minimum Gasteiger partial charge on any atom is -0.330 e. The molecule has 1 rings (SSSR count). The van der Waals surface area contributed by atoms with Crippen molar-refractivity contribution in [2.24, 2.45) is 5.73 Å². The molecule has 0 aromatic heterocycles. The number of nitrogens with two attached hydrogens (primary N) is 1. The number of nitro benzene ring substituents is 1. The van der Waals surface area contributed by atoms with Gasteiger partial charge in [0.15, 0.2) is 9.84 Å². The van der Waals surface area contributed by atoms with Crippen molar-refractivity contribution in [3.05, 3.63) is 39.9 Å². The SMILES string of the molecule is NCCCS(=O)(=O)CCc1ccccc1[N+](=O)[O-]. The van der Waals surface area contributed by atoms with E-state index in [1.165, 1.54) is 6.07 Å². The molecule has 18 heavy (non-hydrogen) atoms. The number of nitrogens with zero attached hydrogens (tertiary/aromatic N) is 1. The maximum Gasteiger partial charge on any atom is 0.272 e. The van der Waals surface area contributed by atoms with Crippen LogP contribution in [0.1, 0.15) is 12.0 Å². The highest BCUT2D eigenvalue weighted by molar-refractivity contribution is 7.91. The number of benzene rings is 1. The lowest BCUT2D eigenvalue weighted by Gasteiger charge is -2.04. The molecule has 100 valence electrons. The van der Waals surface area contributed by atoms with Gasteiger partial charge < -0.3 is 5.73 Å². The molecule has 0 amide bonds. The summed E-state index contributed by atoms with van der Waals surface area (Å²) in [5.74, 6) is -0.0536. The van der Waals surface area contributed by atoms with Gasteiger partial charge >= 0.3 is 0 Å². The maximum atomic E-state index is 11.6. The second kappa shape index (κ2) is 6.46. The van der Waals surface area contributed by atoms with E-state index in [0.717, 1.165) is 0 Å². The minimum absolute atomic E-state index is 0.0319. The lowest BCUT2D eigenvalue weighted by Crippen LogP contribution is -2.16. The third-order valence-corrected chi connectivity index (χ3v) is 4.27. The van der Waals surface area contributed by atoms with E-state index < -0.39 is 14.8 Å². The molecule has 2 N–H and O–H groups in total. The number of rotatable bonds is 7. The fourth-order valence-corrected chi connectivity index (χ4v) is 2.91. The van der Waals surface area contributed by atoms with Crippen LogP contribution in [0.25, 0.3) is 0 Å². The highest BCUT2D eigenvalue weighted by Crippen LogP contribution is 2.18. The van der Waals surface area contributed by atoms with E-state index in [1.807, 2.05) is 0 Å².